The first kappa shape index (κ1) is 37.5. The average Bonchev–Trinajstić information content (AvgIpc) is 3.83. The molecule has 0 unspecified atom stereocenters. The first-order chi connectivity index (χ1) is 29.9. The van der Waals surface area contributed by atoms with Gasteiger partial charge in [-0.15, -0.1) is 11.3 Å². The Balaban J connectivity index is 1.08. The lowest BCUT2D eigenvalue weighted by Gasteiger charge is -2.45. The number of rotatable bonds is 3. The second-order valence-corrected chi connectivity index (χ2v) is 20.8. The van der Waals surface area contributed by atoms with Crippen LogP contribution >= 0.6 is 11.3 Å². The van der Waals surface area contributed by atoms with E-state index in [2.05, 4.69) is 204 Å². The number of hydrogen-bond acceptors (Lipinski definition) is 4. The SMILES string of the molecule is Cc1cc2c3c(c1)N(c1ccc4c(c1)oc1ccccc14)c1ccc(C(C)(C)C)cc1B3c1cc(C(C)(C)C)ccc1N2c1ccc(C2=CCCc3c2sc2ccccc32)cc1. The van der Waals surface area contributed by atoms with E-state index in [1.165, 1.54) is 93.2 Å². The molecule has 5 heteroatoms. The standard InChI is InChI=1S/C57H49BN2OS/c1-34-29-49-54-50(30-34)60(39-25-26-42-41-13-8-10-17-51(41)61-52(42)33-39)48-28-22-37(57(5,6)7)32-46(48)58(54)45-31-36(56(2,3)4)21-27-47(45)59(49)38-23-19-35(20-24-38)40-15-12-16-44-43-14-9-11-18-53(43)62-55(40)44/h8-11,13-15,17-33H,12,16H2,1-7H3. The fourth-order valence-corrected chi connectivity index (χ4v) is 11.9. The van der Waals surface area contributed by atoms with Gasteiger partial charge in [-0.3, -0.25) is 0 Å². The maximum Gasteiger partial charge on any atom is 0.252 e. The first-order valence-corrected chi connectivity index (χ1v) is 23.0. The molecule has 62 heavy (non-hydrogen) atoms. The zero-order chi connectivity index (χ0) is 42.2. The van der Waals surface area contributed by atoms with Crippen LogP contribution in [0.2, 0.25) is 0 Å². The molecule has 0 radical (unpaired) electrons. The fraction of sp³-hybridized carbons (Fsp3) is 0.193. The van der Waals surface area contributed by atoms with E-state index in [1.54, 1.807) is 0 Å². The molecule has 4 heterocycles. The van der Waals surface area contributed by atoms with E-state index < -0.39 is 0 Å². The number of furan rings is 1. The van der Waals surface area contributed by atoms with Gasteiger partial charge in [-0.25, -0.2) is 0 Å². The molecule has 0 bridgehead atoms. The zero-order valence-electron chi connectivity index (χ0n) is 36.6. The molecule has 0 saturated heterocycles. The molecule has 2 aromatic heterocycles. The van der Waals surface area contributed by atoms with Crippen LogP contribution in [0, 0.1) is 6.92 Å². The first-order valence-electron chi connectivity index (χ1n) is 22.2. The molecular weight excluding hydrogens is 772 g/mol. The number of thiophene rings is 1. The molecule has 0 N–H and O–H groups in total. The van der Waals surface area contributed by atoms with Gasteiger partial charge < -0.3 is 14.2 Å². The Labute approximate surface area is 369 Å². The summed E-state index contributed by atoms with van der Waals surface area (Å²) in [6.07, 6.45) is 4.62. The number of para-hydroxylation sites is 1. The van der Waals surface area contributed by atoms with E-state index in [9.17, 15) is 0 Å². The molecule has 0 atom stereocenters. The Kier molecular flexibility index (Phi) is 8.07. The van der Waals surface area contributed by atoms with Crippen molar-refractivity contribution in [3.63, 3.8) is 0 Å². The summed E-state index contributed by atoms with van der Waals surface area (Å²) in [7, 11) is 0. The summed E-state index contributed by atoms with van der Waals surface area (Å²) in [6.45, 7) is 16.3. The molecule has 3 nitrogen and oxygen atoms in total. The normalized spacial score (nSPS) is 14.6. The molecule has 9 aromatic rings. The van der Waals surface area contributed by atoms with Gasteiger partial charge in [-0.1, -0.05) is 120 Å². The lowest BCUT2D eigenvalue weighted by Crippen LogP contribution is -2.61. The Morgan fingerprint density at radius 1 is 0.565 bits per heavy atom. The van der Waals surface area contributed by atoms with Crippen molar-refractivity contribution in [1.82, 2.24) is 0 Å². The average molecular weight is 821 g/mol. The van der Waals surface area contributed by atoms with Crippen molar-refractivity contribution in [2.75, 3.05) is 9.80 Å². The molecular formula is C57H49BN2OS. The van der Waals surface area contributed by atoms with Gasteiger partial charge in [0.15, 0.2) is 0 Å². The van der Waals surface area contributed by atoms with Crippen LogP contribution in [-0.2, 0) is 17.3 Å². The zero-order valence-corrected chi connectivity index (χ0v) is 37.4. The number of fused-ring (bicyclic) bond motifs is 10. The third kappa shape index (κ3) is 5.64. The molecule has 12 rings (SSSR count). The lowest BCUT2D eigenvalue weighted by atomic mass is 9.33. The van der Waals surface area contributed by atoms with E-state index in [-0.39, 0.29) is 17.5 Å². The van der Waals surface area contributed by atoms with Crippen molar-refractivity contribution in [1.29, 1.82) is 0 Å². The molecule has 0 spiro atoms. The highest BCUT2D eigenvalue weighted by Crippen LogP contribution is 2.48. The van der Waals surface area contributed by atoms with Crippen LogP contribution < -0.4 is 26.2 Å². The molecule has 302 valence electrons. The summed E-state index contributed by atoms with van der Waals surface area (Å²) < 4.78 is 7.92. The van der Waals surface area contributed by atoms with E-state index in [0.717, 1.165) is 40.5 Å². The van der Waals surface area contributed by atoms with Crippen LogP contribution in [0.25, 0.3) is 37.6 Å². The van der Waals surface area contributed by atoms with E-state index in [4.69, 9.17) is 4.42 Å². The van der Waals surface area contributed by atoms with Crippen LogP contribution in [0.1, 0.15) is 80.7 Å². The maximum absolute atomic E-state index is 6.54. The number of benzene rings is 7. The van der Waals surface area contributed by atoms with Gasteiger partial charge in [0.05, 0.1) is 0 Å². The van der Waals surface area contributed by atoms with E-state index in [0.29, 0.717) is 0 Å². The van der Waals surface area contributed by atoms with Crippen molar-refractivity contribution < 1.29 is 4.42 Å². The summed E-state index contributed by atoms with van der Waals surface area (Å²) in [6, 6.07) is 52.8. The van der Waals surface area contributed by atoms with Gasteiger partial charge in [0.2, 0.25) is 0 Å². The van der Waals surface area contributed by atoms with Gasteiger partial charge in [-0.2, -0.15) is 0 Å². The molecule has 1 aliphatic carbocycles. The fourth-order valence-electron chi connectivity index (χ4n) is 10.5. The number of allylic oxidation sites excluding steroid dienone is 1. The molecule has 0 amide bonds. The van der Waals surface area contributed by atoms with Crippen molar-refractivity contribution in [3.8, 4) is 0 Å². The van der Waals surface area contributed by atoms with Crippen LogP contribution in [0.4, 0.5) is 34.1 Å². The summed E-state index contributed by atoms with van der Waals surface area (Å²) in [5.41, 5.74) is 21.0. The largest absolute Gasteiger partial charge is 0.456 e. The quantitative estimate of drug-likeness (QED) is 0.166. The topological polar surface area (TPSA) is 19.6 Å². The molecule has 0 saturated carbocycles. The van der Waals surface area contributed by atoms with Crippen LogP contribution in [0.3, 0.4) is 0 Å². The third-order valence-electron chi connectivity index (χ3n) is 13.7. The lowest BCUT2D eigenvalue weighted by molar-refractivity contribution is 0.590. The summed E-state index contributed by atoms with van der Waals surface area (Å²) >= 11 is 1.94. The van der Waals surface area contributed by atoms with E-state index in [1.807, 2.05) is 11.3 Å². The minimum atomic E-state index is -0.0215. The smallest absolute Gasteiger partial charge is 0.252 e. The van der Waals surface area contributed by atoms with Crippen molar-refractivity contribution >= 4 is 106 Å². The number of aryl methyl sites for hydroxylation is 2. The van der Waals surface area contributed by atoms with Gasteiger partial charge in [-0.05, 0) is 146 Å². The highest BCUT2D eigenvalue weighted by atomic mass is 32.1. The second kappa shape index (κ2) is 13.4. The van der Waals surface area contributed by atoms with E-state index >= 15 is 0 Å². The van der Waals surface area contributed by atoms with Gasteiger partial charge >= 0.3 is 0 Å². The van der Waals surface area contributed by atoms with Gasteiger partial charge in [0.1, 0.15) is 11.2 Å². The number of hydrogen-bond donors (Lipinski definition) is 0. The Hall–Kier alpha value is -6.30. The number of anilines is 6. The monoisotopic (exact) mass is 820 g/mol. The van der Waals surface area contributed by atoms with Gasteiger partial charge in [0.25, 0.3) is 6.71 Å². The molecule has 0 fully saturated rings. The molecule has 2 aliphatic heterocycles. The van der Waals surface area contributed by atoms with Gasteiger partial charge in [0, 0.05) is 60.5 Å². The third-order valence-corrected chi connectivity index (χ3v) is 14.9. The van der Waals surface area contributed by atoms with Crippen molar-refractivity contribution in [2.24, 2.45) is 0 Å². The maximum atomic E-state index is 6.54. The highest BCUT2D eigenvalue weighted by Gasteiger charge is 2.44. The Morgan fingerprint density at radius 2 is 1.16 bits per heavy atom. The minimum Gasteiger partial charge on any atom is -0.456 e. The van der Waals surface area contributed by atoms with Crippen molar-refractivity contribution in [3.05, 3.63) is 178 Å². The predicted molar refractivity (Wildman–Crippen MR) is 267 cm³/mol. The van der Waals surface area contributed by atoms with Crippen LogP contribution in [-0.4, -0.2) is 6.71 Å². The van der Waals surface area contributed by atoms with Crippen LogP contribution in [0.15, 0.2) is 150 Å². The van der Waals surface area contributed by atoms with Crippen LogP contribution in [0.5, 0.6) is 0 Å². The number of nitrogens with zero attached hydrogens (tertiary/aromatic N) is 2. The van der Waals surface area contributed by atoms with Crippen molar-refractivity contribution in [2.45, 2.75) is 72.1 Å². The molecule has 3 aliphatic rings. The summed E-state index contributed by atoms with van der Waals surface area (Å²) in [5.74, 6) is 0. The minimum absolute atomic E-state index is 0.0180. The summed E-state index contributed by atoms with van der Waals surface area (Å²) in [5, 5.41) is 3.70. The summed E-state index contributed by atoms with van der Waals surface area (Å²) in [4.78, 5) is 6.48. The predicted octanol–water partition coefficient (Wildman–Crippen LogP) is 14.2. The second-order valence-electron chi connectivity index (χ2n) is 19.8. The Bertz CT molecular complexity index is 3350. The molecule has 7 aromatic carbocycles. The highest BCUT2D eigenvalue weighted by molar-refractivity contribution is 7.20. The Morgan fingerprint density at radius 3 is 1.84 bits per heavy atom.